The Hall–Kier alpha value is 1.12. The lowest BCUT2D eigenvalue weighted by atomic mass is 10.3. The van der Waals surface area contributed by atoms with Crippen molar-refractivity contribution >= 4 is 95.6 Å². The minimum atomic E-state index is 0.703. The van der Waals surface area contributed by atoms with Gasteiger partial charge in [-0.05, 0) is 114 Å². The van der Waals surface area contributed by atoms with Gasteiger partial charge in [-0.15, -0.1) is 0 Å². The number of ether oxygens (including phenoxy) is 1. The van der Waals surface area contributed by atoms with Crippen LogP contribution in [0.2, 0.25) is 0 Å². The average molecular weight is 644 g/mol. The topological polar surface area (TPSA) is 9.23 Å². The van der Waals surface area contributed by atoms with E-state index in [1.807, 2.05) is 24.3 Å². The fraction of sp³-hybridized carbons (Fsp3) is 0. The summed E-state index contributed by atoms with van der Waals surface area (Å²) in [5.74, 6) is 1.43. The van der Waals surface area contributed by atoms with Gasteiger partial charge >= 0.3 is 0 Å². The molecule has 2 aromatic rings. The normalized spacial score (nSPS) is 10.6. The van der Waals surface area contributed by atoms with Crippen LogP contribution in [0.3, 0.4) is 0 Å². The second-order valence-electron chi connectivity index (χ2n) is 3.45. The van der Waals surface area contributed by atoms with Gasteiger partial charge < -0.3 is 4.74 Å². The maximum atomic E-state index is 5.97. The SMILES string of the molecule is Brc1cccc(Oc2c(Br)cc(Br)c(Br)c2Br)c1Br. The molecule has 2 aromatic carbocycles. The molecule has 0 aliphatic rings. The first-order valence-electron chi connectivity index (χ1n) is 4.86. The first-order chi connectivity index (χ1) is 8.91. The van der Waals surface area contributed by atoms with E-state index in [0.29, 0.717) is 5.75 Å². The minimum Gasteiger partial charge on any atom is -0.454 e. The van der Waals surface area contributed by atoms with E-state index in [9.17, 15) is 0 Å². The van der Waals surface area contributed by atoms with Gasteiger partial charge in [-0.2, -0.15) is 0 Å². The molecule has 2 rings (SSSR count). The number of hydrogen-bond donors (Lipinski definition) is 0. The van der Waals surface area contributed by atoms with Crippen LogP contribution >= 0.6 is 95.6 Å². The van der Waals surface area contributed by atoms with Crippen LogP contribution in [0.1, 0.15) is 0 Å². The summed E-state index contributed by atoms with van der Waals surface area (Å²) in [5, 5.41) is 0. The third-order valence-corrected chi connectivity index (χ3v) is 8.07. The van der Waals surface area contributed by atoms with Crippen molar-refractivity contribution in [2.75, 3.05) is 0 Å². The molecular weight excluding hydrogens is 640 g/mol. The van der Waals surface area contributed by atoms with Crippen molar-refractivity contribution < 1.29 is 4.74 Å². The predicted octanol–water partition coefficient (Wildman–Crippen LogP) is 8.05. The Kier molecular flexibility index (Phi) is 6.01. The summed E-state index contributed by atoms with van der Waals surface area (Å²) in [4.78, 5) is 0. The van der Waals surface area contributed by atoms with Gasteiger partial charge in [-0.25, -0.2) is 0 Å². The van der Waals surface area contributed by atoms with Crippen LogP contribution in [-0.2, 0) is 0 Å². The van der Waals surface area contributed by atoms with E-state index in [4.69, 9.17) is 4.74 Å². The third kappa shape index (κ3) is 3.66. The largest absolute Gasteiger partial charge is 0.454 e. The number of halogens is 6. The fourth-order valence-electron chi connectivity index (χ4n) is 1.32. The Labute approximate surface area is 161 Å². The van der Waals surface area contributed by atoms with Crippen molar-refractivity contribution in [1.82, 2.24) is 0 Å². The first-order valence-corrected chi connectivity index (χ1v) is 9.62. The molecule has 0 spiro atoms. The molecular formula is C12H4Br6O. The van der Waals surface area contributed by atoms with Crippen LogP contribution in [0.25, 0.3) is 0 Å². The van der Waals surface area contributed by atoms with Crippen LogP contribution in [0.5, 0.6) is 11.5 Å². The second kappa shape index (κ2) is 6.92. The van der Waals surface area contributed by atoms with E-state index in [-0.39, 0.29) is 0 Å². The average Bonchev–Trinajstić information content (AvgIpc) is 2.37. The molecule has 0 unspecified atom stereocenters. The highest BCUT2D eigenvalue weighted by atomic mass is 79.9. The van der Waals surface area contributed by atoms with Crippen molar-refractivity contribution in [3.8, 4) is 11.5 Å². The summed E-state index contributed by atoms with van der Waals surface area (Å²) < 4.78 is 11.3. The summed E-state index contributed by atoms with van der Waals surface area (Å²) in [6.45, 7) is 0. The Morgan fingerprint density at radius 2 is 1.37 bits per heavy atom. The molecule has 0 heterocycles. The van der Waals surface area contributed by atoms with Crippen LogP contribution in [0.15, 0.2) is 51.1 Å². The van der Waals surface area contributed by atoms with Gasteiger partial charge in [0.25, 0.3) is 0 Å². The lowest BCUT2D eigenvalue weighted by molar-refractivity contribution is 0.472. The van der Waals surface area contributed by atoms with Crippen LogP contribution in [0, 0.1) is 0 Å². The van der Waals surface area contributed by atoms with Crippen molar-refractivity contribution in [2.45, 2.75) is 0 Å². The molecule has 0 atom stereocenters. The molecule has 0 saturated carbocycles. The molecule has 0 amide bonds. The summed E-state index contributed by atoms with van der Waals surface area (Å²) in [6, 6.07) is 7.68. The Bertz CT molecular complexity index is 641. The Morgan fingerprint density at radius 1 is 0.684 bits per heavy atom. The van der Waals surface area contributed by atoms with Gasteiger partial charge in [0.05, 0.1) is 13.4 Å². The maximum absolute atomic E-state index is 5.97. The fourth-order valence-corrected chi connectivity index (χ4v) is 4.59. The number of hydrogen-bond acceptors (Lipinski definition) is 1. The molecule has 0 aromatic heterocycles. The highest BCUT2D eigenvalue weighted by Gasteiger charge is 2.16. The zero-order chi connectivity index (χ0) is 14.2. The van der Waals surface area contributed by atoms with Crippen LogP contribution in [-0.4, -0.2) is 0 Å². The molecule has 0 fully saturated rings. The molecule has 0 N–H and O–H groups in total. The van der Waals surface area contributed by atoms with E-state index in [2.05, 4.69) is 95.6 Å². The Balaban J connectivity index is 2.50. The van der Waals surface area contributed by atoms with Gasteiger partial charge in [0.2, 0.25) is 0 Å². The van der Waals surface area contributed by atoms with Crippen molar-refractivity contribution in [1.29, 1.82) is 0 Å². The summed E-state index contributed by atoms with van der Waals surface area (Å²) in [6.07, 6.45) is 0. The van der Waals surface area contributed by atoms with E-state index in [1.54, 1.807) is 0 Å². The molecule has 0 bridgehead atoms. The molecule has 7 heteroatoms. The van der Waals surface area contributed by atoms with Crippen LogP contribution < -0.4 is 4.74 Å². The molecule has 1 nitrogen and oxygen atoms in total. The van der Waals surface area contributed by atoms with Gasteiger partial charge in [0.15, 0.2) is 5.75 Å². The molecule has 19 heavy (non-hydrogen) atoms. The molecule has 0 radical (unpaired) electrons. The second-order valence-corrected chi connectivity index (χ2v) is 8.39. The standard InChI is InChI=1S/C12H4Br6O/c13-5-2-1-3-8(9(5)16)19-12-7(15)4-6(14)10(17)11(12)18/h1-4H. The van der Waals surface area contributed by atoms with E-state index >= 15 is 0 Å². The summed E-state index contributed by atoms with van der Waals surface area (Å²) in [7, 11) is 0. The first kappa shape index (κ1) is 16.5. The monoisotopic (exact) mass is 638 g/mol. The van der Waals surface area contributed by atoms with E-state index < -0.39 is 0 Å². The quantitative estimate of drug-likeness (QED) is 0.238. The summed E-state index contributed by atoms with van der Waals surface area (Å²) in [5.41, 5.74) is 0. The number of benzene rings is 2. The molecule has 0 aliphatic carbocycles. The lowest BCUT2D eigenvalue weighted by Gasteiger charge is -2.14. The smallest absolute Gasteiger partial charge is 0.157 e. The zero-order valence-electron chi connectivity index (χ0n) is 8.99. The minimum absolute atomic E-state index is 0.703. The van der Waals surface area contributed by atoms with Crippen molar-refractivity contribution in [2.24, 2.45) is 0 Å². The molecule has 100 valence electrons. The van der Waals surface area contributed by atoms with Gasteiger partial charge in [-0.3, -0.25) is 0 Å². The van der Waals surface area contributed by atoms with Crippen molar-refractivity contribution in [3.63, 3.8) is 0 Å². The zero-order valence-corrected chi connectivity index (χ0v) is 18.5. The highest BCUT2D eigenvalue weighted by Crippen LogP contribution is 2.46. The van der Waals surface area contributed by atoms with Gasteiger partial charge in [0.1, 0.15) is 5.75 Å². The van der Waals surface area contributed by atoms with Gasteiger partial charge in [0, 0.05) is 13.4 Å². The predicted molar refractivity (Wildman–Crippen MR) is 99.2 cm³/mol. The van der Waals surface area contributed by atoms with Crippen molar-refractivity contribution in [3.05, 3.63) is 51.1 Å². The maximum Gasteiger partial charge on any atom is 0.157 e. The van der Waals surface area contributed by atoms with Crippen LogP contribution in [0.4, 0.5) is 0 Å². The Morgan fingerprint density at radius 3 is 2.05 bits per heavy atom. The van der Waals surface area contributed by atoms with Gasteiger partial charge in [-0.1, -0.05) is 6.07 Å². The third-order valence-electron chi connectivity index (χ3n) is 2.20. The molecule has 0 saturated heterocycles. The number of rotatable bonds is 2. The molecule has 0 aliphatic heterocycles. The van der Waals surface area contributed by atoms with E-state index in [0.717, 1.165) is 32.6 Å². The highest BCUT2D eigenvalue weighted by molar-refractivity contribution is 9.14. The van der Waals surface area contributed by atoms with E-state index in [1.165, 1.54) is 0 Å². The lowest BCUT2D eigenvalue weighted by Crippen LogP contribution is -1.90. The summed E-state index contributed by atoms with van der Waals surface area (Å²) >= 11 is 20.9.